The third-order valence-electron chi connectivity index (χ3n) is 3.06. The van der Waals surface area contributed by atoms with Crippen molar-refractivity contribution in [2.45, 2.75) is 26.4 Å². The Hall–Kier alpha value is -2.54. The molecule has 0 bridgehead atoms. The number of aryl methyl sites for hydroxylation is 1. The number of hydrogen-bond acceptors (Lipinski definition) is 6. The van der Waals surface area contributed by atoms with Crippen molar-refractivity contribution in [2.24, 2.45) is 5.73 Å². The molecule has 2 aromatic heterocycles. The van der Waals surface area contributed by atoms with Crippen LogP contribution in [0, 0.1) is 6.92 Å². The molecule has 0 aliphatic rings. The highest BCUT2D eigenvalue weighted by Crippen LogP contribution is 2.18. The van der Waals surface area contributed by atoms with Gasteiger partial charge in [-0.2, -0.15) is 4.98 Å². The number of benzene rings is 1. The van der Waals surface area contributed by atoms with Crippen LogP contribution in [0.5, 0.6) is 0 Å². The van der Waals surface area contributed by atoms with E-state index in [2.05, 4.69) is 20.5 Å². The van der Waals surface area contributed by atoms with Crippen LogP contribution in [0.1, 0.15) is 30.0 Å². The molecule has 2 N–H and O–H groups in total. The van der Waals surface area contributed by atoms with Crippen molar-refractivity contribution in [3.63, 3.8) is 0 Å². The van der Waals surface area contributed by atoms with Gasteiger partial charge in [0, 0.05) is 11.6 Å². The summed E-state index contributed by atoms with van der Waals surface area (Å²) in [6.07, 6.45) is 1.79. The molecule has 0 saturated carbocycles. The third-order valence-corrected chi connectivity index (χ3v) is 3.06. The lowest BCUT2D eigenvalue weighted by molar-refractivity contribution is 0.418. The fourth-order valence-corrected chi connectivity index (χ4v) is 1.96. The second-order valence-electron chi connectivity index (χ2n) is 5.01. The van der Waals surface area contributed by atoms with E-state index >= 15 is 0 Å². The van der Waals surface area contributed by atoms with Gasteiger partial charge in [0.2, 0.25) is 0 Å². The average Bonchev–Trinajstić information content (AvgIpc) is 3.08. The Kier molecular flexibility index (Phi) is 3.49. The van der Waals surface area contributed by atoms with E-state index in [1.807, 2.05) is 38.1 Å². The average molecular weight is 284 g/mol. The van der Waals surface area contributed by atoms with Crippen LogP contribution in [0.25, 0.3) is 11.5 Å². The van der Waals surface area contributed by atoms with Gasteiger partial charge in [-0.05, 0) is 26.0 Å². The Bertz CT molecular complexity index is 745. The smallest absolute Gasteiger partial charge is 0.257 e. The summed E-state index contributed by atoms with van der Waals surface area (Å²) in [5.41, 5.74) is 8.53. The second kappa shape index (κ2) is 5.45. The van der Waals surface area contributed by atoms with E-state index in [1.165, 1.54) is 0 Å². The Morgan fingerprint density at radius 2 is 2.24 bits per heavy atom. The molecular weight excluding hydrogens is 268 g/mol. The van der Waals surface area contributed by atoms with Gasteiger partial charge in [0.05, 0.1) is 11.9 Å². The summed E-state index contributed by atoms with van der Waals surface area (Å²) in [5.74, 6) is 1.05. The molecule has 1 atom stereocenters. The summed E-state index contributed by atoms with van der Waals surface area (Å²) >= 11 is 0. The van der Waals surface area contributed by atoms with E-state index < -0.39 is 0 Å². The molecule has 21 heavy (non-hydrogen) atoms. The number of hydrogen-bond donors (Lipinski definition) is 1. The van der Waals surface area contributed by atoms with Gasteiger partial charge in [-0.1, -0.05) is 28.1 Å². The van der Waals surface area contributed by atoms with Crippen molar-refractivity contribution in [1.29, 1.82) is 0 Å². The molecule has 7 nitrogen and oxygen atoms in total. The molecule has 0 radical (unpaired) electrons. The lowest BCUT2D eigenvalue weighted by atomic mass is 10.1. The quantitative estimate of drug-likeness (QED) is 0.783. The molecule has 0 amide bonds. The molecule has 1 unspecified atom stereocenters. The lowest BCUT2D eigenvalue weighted by Crippen LogP contribution is -2.05. The molecule has 0 spiro atoms. The van der Waals surface area contributed by atoms with Gasteiger partial charge in [0.25, 0.3) is 5.89 Å². The minimum Gasteiger partial charge on any atom is -0.334 e. The van der Waals surface area contributed by atoms with Crippen molar-refractivity contribution in [1.82, 2.24) is 25.1 Å². The molecule has 0 fully saturated rings. The van der Waals surface area contributed by atoms with E-state index in [1.54, 1.807) is 10.9 Å². The van der Waals surface area contributed by atoms with E-state index in [0.717, 1.165) is 16.8 Å². The van der Waals surface area contributed by atoms with Gasteiger partial charge in [-0.15, -0.1) is 5.10 Å². The zero-order valence-corrected chi connectivity index (χ0v) is 11.9. The number of rotatable bonds is 4. The predicted octanol–water partition coefficient (Wildman–Crippen LogP) is 1.70. The van der Waals surface area contributed by atoms with Crippen molar-refractivity contribution in [3.8, 4) is 11.5 Å². The Balaban J connectivity index is 1.78. The Morgan fingerprint density at radius 1 is 1.38 bits per heavy atom. The standard InChI is InChI=1S/C14H16N6O/c1-9-4-3-5-11(6-9)14-16-13(18-21-14)8-20-7-12(10(2)15)17-19-20/h3-7,10H,8,15H2,1-2H3. The molecule has 2 heterocycles. The monoisotopic (exact) mass is 284 g/mol. The van der Waals surface area contributed by atoms with Crippen molar-refractivity contribution in [2.75, 3.05) is 0 Å². The molecule has 0 aliphatic carbocycles. The molecule has 1 aromatic carbocycles. The van der Waals surface area contributed by atoms with Crippen LogP contribution in [0.15, 0.2) is 35.0 Å². The fourth-order valence-electron chi connectivity index (χ4n) is 1.96. The fraction of sp³-hybridized carbons (Fsp3) is 0.286. The molecular formula is C14H16N6O. The SMILES string of the molecule is Cc1cccc(-c2nc(Cn3cc(C(C)N)nn3)no2)c1. The summed E-state index contributed by atoms with van der Waals surface area (Å²) in [5, 5.41) is 11.9. The van der Waals surface area contributed by atoms with E-state index in [4.69, 9.17) is 10.3 Å². The number of nitrogens with zero attached hydrogens (tertiary/aromatic N) is 5. The zero-order chi connectivity index (χ0) is 14.8. The van der Waals surface area contributed by atoms with Gasteiger partial charge in [0.1, 0.15) is 6.54 Å². The van der Waals surface area contributed by atoms with Gasteiger partial charge < -0.3 is 10.3 Å². The van der Waals surface area contributed by atoms with Crippen LogP contribution in [-0.4, -0.2) is 25.1 Å². The highest BCUT2D eigenvalue weighted by molar-refractivity contribution is 5.53. The molecule has 3 aromatic rings. The van der Waals surface area contributed by atoms with Crippen LogP contribution < -0.4 is 5.73 Å². The summed E-state index contributed by atoms with van der Waals surface area (Å²) in [4.78, 5) is 4.37. The highest BCUT2D eigenvalue weighted by atomic mass is 16.5. The van der Waals surface area contributed by atoms with Gasteiger partial charge >= 0.3 is 0 Å². The van der Waals surface area contributed by atoms with Gasteiger partial charge in [-0.25, -0.2) is 4.68 Å². The zero-order valence-electron chi connectivity index (χ0n) is 11.9. The van der Waals surface area contributed by atoms with Crippen LogP contribution >= 0.6 is 0 Å². The minimum atomic E-state index is -0.146. The maximum absolute atomic E-state index is 5.75. The topological polar surface area (TPSA) is 95.7 Å². The minimum absolute atomic E-state index is 0.146. The summed E-state index contributed by atoms with van der Waals surface area (Å²) in [6, 6.07) is 7.77. The Morgan fingerprint density at radius 3 is 2.95 bits per heavy atom. The van der Waals surface area contributed by atoms with Crippen LogP contribution in [-0.2, 0) is 6.54 Å². The first kappa shape index (κ1) is 13.4. The maximum atomic E-state index is 5.75. The largest absolute Gasteiger partial charge is 0.334 e. The van der Waals surface area contributed by atoms with Crippen LogP contribution in [0.2, 0.25) is 0 Å². The molecule has 0 aliphatic heterocycles. The first-order valence-corrected chi connectivity index (χ1v) is 6.67. The number of nitrogens with two attached hydrogens (primary N) is 1. The lowest BCUT2D eigenvalue weighted by Gasteiger charge is -1.96. The first-order chi connectivity index (χ1) is 10.1. The predicted molar refractivity (Wildman–Crippen MR) is 76.2 cm³/mol. The summed E-state index contributed by atoms with van der Waals surface area (Å²) < 4.78 is 6.93. The highest BCUT2D eigenvalue weighted by Gasteiger charge is 2.11. The normalized spacial score (nSPS) is 12.5. The van der Waals surface area contributed by atoms with E-state index in [0.29, 0.717) is 18.3 Å². The maximum Gasteiger partial charge on any atom is 0.257 e. The summed E-state index contributed by atoms with van der Waals surface area (Å²) in [7, 11) is 0. The van der Waals surface area contributed by atoms with Gasteiger partial charge in [0.15, 0.2) is 5.82 Å². The van der Waals surface area contributed by atoms with Crippen molar-refractivity contribution >= 4 is 0 Å². The second-order valence-corrected chi connectivity index (χ2v) is 5.01. The first-order valence-electron chi connectivity index (χ1n) is 6.67. The molecule has 108 valence electrons. The summed E-state index contributed by atoms with van der Waals surface area (Å²) in [6.45, 7) is 4.28. The molecule has 0 saturated heterocycles. The van der Waals surface area contributed by atoms with Crippen LogP contribution in [0.3, 0.4) is 0 Å². The molecule has 7 heteroatoms. The third kappa shape index (κ3) is 2.97. The molecule has 3 rings (SSSR count). The Labute approximate surface area is 121 Å². The van der Waals surface area contributed by atoms with E-state index in [9.17, 15) is 0 Å². The van der Waals surface area contributed by atoms with Crippen molar-refractivity contribution < 1.29 is 4.52 Å². The van der Waals surface area contributed by atoms with Gasteiger partial charge in [-0.3, -0.25) is 0 Å². The van der Waals surface area contributed by atoms with Crippen molar-refractivity contribution in [3.05, 3.63) is 47.5 Å². The number of aromatic nitrogens is 5. The van der Waals surface area contributed by atoms with Crippen LogP contribution in [0.4, 0.5) is 0 Å². The van der Waals surface area contributed by atoms with E-state index in [-0.39, 0.29) is 6.04 Å².